The second-order valence-corrected chi connectivity index (χ2v) is 12.6. The summed E-state index contributed by atoms with van der Waals surface area (Å²) in [4.78, 5) is 9.51. The summed E-state index contributed by atoms with van der Waals surface area (Å²) >= 11 is 1.82. The Morgan fingerprint density at radius 3 is 2.30 bits per heavy atom. The second-order valence-electron chi connectivity index (χ2n) is 11.6. The van der Waals surface area contributed by atoms with Crippen molar-refractivity contribution in [2.75, 3.05) is 0 Å². The Labute approximate surface area is 200 Å². The number of hydrogen-bond donors (Lipinski definition) is 0. The highest BCUT2D eigenvalue weighted by Gasteiger charge is 2.21. The van der Waals surface area contributed by atoms with Crippen molar-refractivity contribution in [1.29, 1.82) is 0 Å². The predicted molar refractivity (Wildman–Crippen MR) is 144 cm³/mol. The Morgan fingerprint density at radius 1 is 0.818 bits per heavy atom. The molecule has 0 aliphatic heterocycles. The fourth-order valence-corrected chi connectivity index (χ4v) is 6.02. The van der Waals surface area contributed by atoms with Gasteiger partial charge in [0.2, 0.25) is 0 Å². The molecule has 0 unspecified atom stereocenters. The Bertz CT molecular complexity index is 1510. The van der Waals surface area contributed by atoms with E-state index >= 15 is 0 Å². The summed E-state index contributed by atoms with van der Waals surface area (Å²) < 4.78 is 2.47. The van der Waals surface area contributed by atoms with Crippen LogP contribution in [0.5, 0.6) is 0 Å². The average molecular weight is 453 g/mol. The molecule has 5 aromatic rings. The summed E-state index contributed by atoms with van der Waals surface area (Å²) in [6.45, 7) is 15.9. The third kappa shape index (κ3) is 4.15. The first kappa shape index (κ1) is 22.0. The molecule has 0 atom stereocenters. The standard InChI is InChI=1S/C30H32N2S/c1-18-8-10-22-20(12-18)14-21(15-24(22)30(5,6)7)26-28-27(32-17-31-26)23-11-9-19(13-25(23)33-28)16-29(2,3)4/h8-15,17H,16H2,1-7H3. The van der Waals surface area contributed by atoms with Gasteiger partial charge in [-0.05, 0) is 64.3 Å². The van der Waals surface area contributed by atoms with Gasteiger partial charge in [0.25, 0.3) is 0 Å². The van der Waals surface area contributed by atoms with Crippen molar-refractivity contribution in [2.45, 2.75) is 60.3 Å². The smallest absolute Gasteiger partial charge is 0.116 e. The van der Waals surface area contributed by atoms with Crippen LogP contribution in [0.4, 0.5) is 0 Å². The van der Waals surface area contributed by atoms with Gasteiger partial charge in [0.15, 0.2) is 0 Å². The molecule has 0 N–H and O–H groups in total. The lowest BCUT2D eigenvalue weighted by atomic mass is 9.82. The molecule has 2 aromatic heterocycles. The van der Waals surface area contributed by atoms with E-state index in [-0.39, 0.29) is 10.8 Å². The summed E-state index contributed by atoms with van der Waals surface area (Å²) in [7, 11) is 0. The molecule has 3 aromatic carbocycles. The van der Waals surface area contributed by atoms with Gasteiger partial charge < -0.3 is 0 Å². The lowest BCUT2D eigenvalue weighted by Gasteiger charge is -2.23. The molecule has 0 fully saturated rings. The molecule has 33 heavy (non-hydrogen) atoms. The summed E-state index contributed by atoms with van der Waals surface area (Å²) in [5.41, 5.74) is 7.59. The van der Waals surface area contributed by atoms with Gasteiger partial charge in [0.1, 0.15) is 6.33 Å². The van der Waals surface area contributed by atoms with E-state index < -0.39 is 0 Å². The van der Waals surface area contributed by atoms with E-state index in [0.29, 0.717) is 0 Å². The Morgan fingerprint density at radius 2 is 1.58 bits per heavy atom. The molecule has 2 heterocycles. The third-order valence-electron chi connectivity index (χ3n) is 6.24. The lowest BCUT2D eigenvalue weighted by Crippen LogP contribution is -2.12. The average Bonchev–Trinajstić information content (AvgIpc) is 3.08. The van der Waals surface area contributed by atoms with Crippen LogP contribution in [0, 0.1) is 12.3 Å². The predicted octanol–water partition coefficient (Wildman–Crippen LogP) is 8.86. The van der Waals surface area contributed by atoms with Crippen LogP contribution in [0.3, 0.4) is 0 Å². The molecule has 0 saturated carbocycles. The largest absolute Gasteiger partial charge is 0.235 e. The van der Waals surface area contributed by atoms with E-state index in [4.69, 9.17) is 9.97 Å². The summed E-state index contributed by atoms with van der Waals surface area (Å²) in [5.74, 6) is 0. The van der Waals surface area contributed by atoms with Gasteiger partial charge >= 0.3 is 0 Å². The molecule has 0 radical (unpaired) electrons. The zero-order valence-corrected chi connectivity index (χ0v) is 21.5. The van der Waals surface area contributed by atoms with Crippen molar-refractivity contribution in [1.82, 2.24) is 9.97 Å². The van der Waals surface area contributed by atoms with Crippen LogP contribution in [0.2, 0.25) is 0 Å². The van der Waals surface area contributed by atoms with E-state index in [0.717, 1.165) is 17.6 Å². The number of rotatable bonds is 2. The second kappa shape index (κ2) is 7.63. The minimum Gasteiger partial charge on any atom is -0.235 e. The first-order valence-corrected chi connectivity index (χ1v) is 12.5. The van der Waals surface area contributed by atoms with Gasteiger partial charge in [0, 0.05) is 15.6 Å². The zero-order valence-electron chi connectivity index (χ0n) is 20.7. The highest BCUT2D eigenvalue weighted by Crippen LogP contribution is 2.41. The fourth-order valence-electron chi connectivity index (χ4n) is 4.79. The molecular weight excluding hydrogens is 420 g/mol. The molecule has 3 heteroatoms. The maximum atomic E-state index is 4.81. The molecule has 0 saturated heterocycles. The van der Waals surface area contributed by atoms with Crippen molar-refractivity contribution in [3.8, 4) is 11.3 Å². The number of aromatic nitrogens is 2. The number of hydrogen-bond acceptors (Lipinski definition) is 3. The van der Waals surface area contributed by atoms with Gasteiger partial charge in [-0.2, -0.15) is 0 Å². The van der Waals surface area contributed by atoms with Crippen molar-refractivity contribution >= 4 is 42.4 Å². The van der Waals surface area contributed by atoms with E-state index in [2.05, 4.69) is 97.0 Å². The molecule has 0 amide bonds. The van der Waals surface area contributed by atoms with Gasteiger partial charge in [-0.15, -0.1) is 11.3 Å². The normalized spacial score (nSPS) is 12.8. The van der Waals surface area contributed by atoms with E-state index in [1.165, 1.54) is 47.8 Å². The molecular formula is C30H32N2S. The summed E-state index contributed by atoms with van der Waals surface area (Å²) in [6.07, 6.45) is 2.79. The summed E-state index contributed by atoms with van der Waals surface area (Å²) in [6, 6.07) is 18.3. The quantitative estimate of drug-likeness (QED) is 0.267. The van der Waals surface area contributed by atoms with Crippen LogP contribution in [0.25, 0.3) is 42.3 Å². The van der Waals surface area contributed by atoms with Crippen molar-refractivity contribution in [3.63, 3.8) is 0 Å². The number of benzene rings is 3. The maximum absolute atomic E-state index is 4.81. The van der Waals surface area contributed by atoms with Crippen LogP contribution >= 0.6 is 11.3 Å². The Kier molecular flexibility index (Phi) is 5.10. The van der Waals surface area contributed by atoms with Gasteiger partial charge in [-0.1, -0.05) is 77.4 Å². The monoisotopic (exact) mass is 452 g/mol. The fraction of sp³-hybridized carbons (Fsp3) is 0.333. The Balaban J connectivity index is 1.75. The molecule has 0 aliphatic carbocycles. The van der Waals surface area contributed by atoms with Crippen LogP contribution in [-0.2, 0) is 11.8 Å². The van der Waals surface area contributed by atoms with E-state index in [1.54, 1.807) is 6.33 Å². The van der Waals surface area contributed by atoms with Crippen LogP contribution in [-0.4, -0.2) is 9.97 Å². The van der Waals surface area contributed by atoms with E-state index in [9.17, 15) is 0 Å². The Hall–Kier alpha value is -2.78. The maximum Gasteiger partial charge on any atom is 0.116 e. The number of nitrogens with zero attached hydrogens (tertiary/aromatic N) is 2. The molecule has 5 rings (SSSR count). The van der Waals surface area contributed by atoms with Crippen molar-refractivity contribution < 1.29 is 0 Å². The SMILES string of the molecule is Cc1ccc2c(C(C)(C)C)cc(-c3ncnc4c3sc3cc(CC(C)(C)C)ccc34)cc2c1. The number of fused-ring (bicyclic) bond motifs is 4. The highest BCUT2D eigenvalue weighted by atomic mass is 32.1. The minimum atomic E-state index is 0.0394. The van der Waals surface area contributed by atoms with Crippen LogP contribution in [0.1, 0.15) is 58.2 Å². The van der Waals surface area contributed by atoms with Crippen molar-refractivity contribution in [2.24, 2.45) is 5.41 Å². The number of aryl methyl sites for hydroxylation is 1. The van der Waals surface area contributed by atoms with Crippen molar-refractivity contribution in [3.05, 3.63) is 71.5 Å². The molecule has 168 valence electrons. The van der Waals surface area contributed by atoms with E-state index in [1.807, 2.05) is 11.3 Å². The number of thiophene rings is 1. The molecule has 0 bridgehead atoms. The minimum absolute atomic E-state index is 0.0394. The molecule has 0 aliphatic rings. The van der Waals surface area contributed by atoms with Gasteiger partial charge in [-0.3, -0.25) is 0 Å². The van der Waals surface area contributed by atoms with Crippen LogP contribution in [0.15, 0.2) is 54.9 Å². The first-order chi connectivity index (χ1) is 15.5. The molecule has 2 nitrogen and oxygen atoms in total. The van der Waals surface area contributed by atoms with Gasteiger partial charge in [-0.25, -0.2) is 9.97 Å². The zero-order chi connectivity index (χ0) is 23.5. The van der Waals surface area contributed by atoms with Crippen LogP contribution < -0.4 is 0 Å². The molecule has 0 spiro atoms. The lowest BCUT2D eigenvalue weighted by molar-refractivity contribution is 0.411. The summed E-state index contributed by atoms with van der Waals surface area (Å²) in [5, 5.41) is 3.83. The first-order valence-electron chi connectivity index (χ1n) is 11.7. The third-order valence-corrected chi connectivity index (χ3v) is 7.39. The van der Waals surface area contributed by atoms with Gasteiger partial charge in [0.05, 0.1) is 15.9 Å². The topological polar surface area (TPSA) is 25.8 Å². The highest BCUT2D eigenvalue weighted by molar-refractivity contribution is 7.26.